The van der Waals surface area contributed by atoms with Gasteiger partial charge in [-0.2, -0.15) is 0 Å². The molecular weight excluding hydrogens is 266 g/mol. The quantitative estimate of drug-likeness (QED) is 0.813. The summed E-state index contributed by atoms with van der Waals surface area (Å²) in [6.45, 7) is 1.62. The van der Waals surface area contributed by atoms with E-state index in [1.165, 1.54) is 6.42 Å². The van der Waals surface area contributed by atoms with Gasteiger partial charge in [-0.05, 0) is 43.0 Å². The lowest BCUT2D eigenvalue weighted by Crippen LogP contribution is -2.39. The van der Waals surface area contributed by atoms with E-state index in [0.29, 0.717) is 24.1 Å². The van der Waals surface area contributed by atoms with Crippen molar-refractivity contribution in [1.29, 1.82) is 0 Å². The van der Waals surface area contributed by atoms with Gasteiger partial charge in [-0.25, -0.2) is 0 Å². The van der Waals surface area contributed by atoms with Crippen LogP contribution in [0.25, 0.3) is 0 Å². The molecule has 0 aromatic heterocycles. The van der Waals surface area contributed by atoms with Crippen molar-refractivity contribution in [3.8, 4) is 0 Å². The summed E-state index contributed by atoms with van der Waals surface area (Å²) >= 11 is 0. The van der Waals surface area contributed by atoms with Gasteiger partial charge in [0, 0.05) is 36.4 Å². The van der Waals surface area contributed by atoms with Crippen LogP contribution in [-0.2, 0) is 11.2 Å². The first-order valence-corrected chi connectivity index (χ1v) is 7.67. The largest absolute Gasteiger partial charge is 0.337 e. The maximum Gasteiger partial charge on any atom is 0.253 e. The molecule has 2 unspecified atom stereocenters. The summed E-state index contributed by atoms with van der Waals surface area (Å²) in [6, 6.07) is 6.55. The minimum atomic E-state index is 0.00545. The fraction of sp³-hybridized carbons (Fsp3) is 0.500. The van der Waals surface area contributed by atoms with Gasteiger partial charge in [-0.3, -0.25) is 9.59 Å². The minimum absolute atomic E-state index is 0.00545. The molecule has 2 amide bonds. The third-order valence-corrected chi connectivity index (χ3v) is 4.79. The van der Waals surface area contributed by atoms with Crippen molar-refractivity contribution in [2.75, 3.05) is 18.4 Å². The summed E-state index contributed by atoms with van der Waals surface area (Å²) in [5.41, 5.74) is 2.47. The number of benzene rings is 1. The smallest absolute Gasteiger partial charge is 0.253 e. The predicted octanol–water partition coefficient (Wildman–Crippen LogP) is 1.15. The Labute approximate surface area is 123 Å². The number of likely N-dealkylation sites (tertiary alicyclic amines) is 1. The molecule has 3 aliphatic heterocycles. The van der Waals surface area contributed by atoms with Gasteiger partial charge in [-0.1, -0.05) is 0 Å². The first-order valence-electron chi connectivity index (χ1n) is 7.67. The molecular formula is C16H19N3O2. The Bertz CT molecular complexity index is 614. The molecule has 0 spiro atoms. The van der Waals surface area contributed by atoms with Crippen molar-refractivity contribution >= 4 is 17.5 Å². The summed E-state index contributed by atoms with van der Waals surface area (Å²) in [5.74, 6) is 0.0948. The van der Waals surface area contributed by atoms with Crippen molar-refractivity contribution in [3.63, 3.8) is 0 Å². The van der Waals surface area contributed by atoms with Gasteiger partial charge >= 0.3 is 0 Å². The minimum Gasteiger partial charge on any atom is -0.337 e. The molecule has 2 saturated heterocycles. The third kappa shape index (κ3) is 2.31. The Hall–Kier alpha value is -1.88. The average Bonchev–Trinajstić information content (AvgIpc) is 2.98. The van der Waals surface area contributed by atoms with E-state index in [9.17, 15) is 9.59 Å². The fourth-order valence-electron chi connectivity index (χ4n) is 3.67. The molecule has 2 N–H and O–H groups in total. The standard InChI is InChI=1S/C16H19N3O2/c20-15-8-11-7-10(1-4-14(11)18-15)16(21)19-6-5-12-2-3-13(9-19)17-12/h1,4,7,12-13,17H,2-3,5-6,8-9H2,(H,18,20). The Balaban J connectivity index is 1.55. The highest BCUT2D eigenvalue weighted by Crippen LogP contribution is 2.26. The first-order chi connectivity index (χ1) is 10.2. The highest BCUT2D eigenvalue weighted by atomic mass is 16.2. The zero-order chi connectivity index (χ0) is 14.4. The van der Waals surface area contributed by atoms with Crippen LogP contribution in [0.1, 0.15) is 35.2 Å². The second kappa shape index (κ2) is 4.84. The van der Waals surface area contributed by atoms with Crippen molar-refractivity contribution in [2.24, 2.45) is 0 Å². The first kappa shape index (κ1) is 12.8. The number of fused-ring (bicyclic) bond motifs is 3. The van der Waals surface area contributed by atoms with Crippen LogP contribution >= 0.6 is 0 Å². The van der Waals surface area contributed by atoms with Gasteiger partial charge in [0.05, 0.1) is 6.42 Å². The van der Waals surface area contributed by atoms with Crippen LogP contribution in [0.3, 0.4) is 0 Å². The Kier molecular flexibility index (Phi) is 2.96. The topological polar surface area (TPSA) is 61.4 Å². The maximum atomic E-state index is 12.7. The van der Waals surface area contributed by atoms with Crippen LogP contribution in [0.15, 0.2) is 18.2 Å². The molecule has 3 heterocycles. The summed E-state index contributed by atoms with van der Waals surface area (Å²) in [7, 11) is 0. The molecule has 3 aliphatic rings. The lowest BCUT2D eigenvalue weighted by atomic mass is 10.0. The normalized spacial score (nSPS) is 27.2. The Morgan fingerprint density at radius 2 is 2.05 bits per heavy atom. The lowest BCUT2D eigenvalue weighted by Gasteiger charge is -2.24. The zero-order valence-corrected chi connectivity index (χ0v) is 11.9. The van der Waals surface area contributed by atoms with E-state index in [0.717, 1.165) is 37.2 Å². The number of nitrogens with one attached hydrogen (secondary N) is 2. The summed E-state index contributed by atoms with van der Waals surface area (Å²) in [5, 5.41) is 6.39. The lowest BCUT2D eigenvalue weighted by molar-refractivity contribution is -0.115. The molecule has 1 aromatic rings. The molecule has 0 radical (unpaired) electrons. The molecule has 1 aromatic carbocycles. The van der Waals surface area contributed by atoms with E-state index >= 15 is 0 Å². The average molecular weight is 285 g/mol. The highest BCUT2D eigenvalue weighted by molar-refractivity contribution is 6.01. The molecule has 2 atom stereocenters. The van der Waals surface area contributed by atoms with Crippen molar-refractivity contribution in [1.82, 2.24) is 10.2 Å². The van der Waals surface area contributed by atoms with E-state index in [1.54, 1.807) is 0 Å². The van der Waals surface area contributed by atoms with E-state index in [-0.39, 0.29) is 11.8 Å². The highest BCUT2D eigenvalue weighted by Gasteiger charge is 2.31. The Morgan fingerprint density at radius 3 is 2.95 bits per heavy atom. The molecule has 0 saturated carbocycles. The van der Waals surface area contributed by atoms with Crippen LogP contribution in [-0.4, -0.2) is 41.9 Å². The fourth-order valence-corrected chi connectivity index (χ4v) is 3.67. The van der Waals surface area contributed by atoms with Gasteiger partial charge in [-0.15, -0.1) is 0 Å². The van der Waals surface area contributed by atoms with Gasteiger partial charge < -0.3 is 15.5 Å². The van der Waals surface area contributed by atoms with Gasteiger partial charge in [0.15, 0.2) is 0 Å². The van der Waals surface area contributed by atoms with E-state index < -0.39 is 0 Å². The molecule has 2 fully saturated rings. The monoisotopic (exact) mass is 285 g/mol. The van der Waals surface area contributed by atoms with Crippen LogP contribution in [0.2, 0.25) is 0 Å². The number of anilines is 1. The van der Waals surface area contributed by atoms with Crippen molar-refractivity contribution < 1.29 is 9.59 Å². The van der Waals surface area contributed by atoms with Gasteiger partial charge in [0.25, 0.3) is 5.91 Å². The SMILES string of the molecule is O=C1Cc2cc(C(=O)N3CCC4CCC(C3)N4)ccc2N1. The van der Waals surface area contributed by atoms with Crippen LogP contribution in [0, 0.1) is 0 Å². The molecule has 5 nitrogen and oxygen atoms in total. The Morgan fingerprint density at radius 1 is 1.19 bits per heavy atom. The number of amides is 2. The van der Waals surface area contributed by atoms with Crippen LogP contribution in [0.5, 0.6) is 0 Å². The molecule has 4 rings (SSSR count). The maximum absolute atomic E-state index is 12.7. The van der Waals surface area contributed by atoms with Crippen molar-refractivity contribution in [2.45, 2.75) is 37.8 Å². The number of hydrogen-bond donors (Lipinski definition) is 2. The van der Waals surface area contributed by atoms with E-state index in [2.05, 4.69) is 10.6 Å². The van der Waals surface area contributed by atoms with E-state index in [4.69, 9.17) is 0 Å². The van der Waals surface area contributed by atoms with Gasteiger partial charge in [0.2, 0.25) is 5.91 Å². The molecule has 21 heavy (non-hydrogen) atoms. The zero-order valence-electron chi connectivity index (χ0n) is 11.9. The number of carbonyl (C=O) groups excluding carboxylic acids is 2. The third-order valence-electron chi connectivity index (χ3n) is 4.79. The predicted molar refractivity (Wildman–Crippen MR) is 79.2 cm³/mol. The second-order valence-corrected chi connectivity index (χ2v) is 6.27. The van der Waals surface area contributed by atoms with Crippen LogP contribution < -0.4 is 10.6 Å². The van der Waals surface area contributed by atoms with Crippen molar-refractivity contribution in [3.05, 3.63) is 29.3 Å². The summed E-state index contributed by atoms with van der Waals surface area (Å²) in [6.07, 6.45) is 3.81. The number of hydrogen-bond acceptors (Lipinski definition) is 3. The second-order valence-electron chi connectivity index (χ2n) is 6.27. The summed E-state index contributed by atoms with van der Waals surface area (Å²) in [4.78, 5) is 26.1. The number of nitrogens with zero attached hydrogens (tertiary/aromatic N) is 1. The number of rotatable bonds is 1. The van der Waals surface area contributed by atoms with E-state index in [1.807, 2.05) is 23.1 Å². The molecule has 5 heteroatoms. The van der Waals surface area contributed by atoms with Gasteiger partial charge in [0.1, 0.15) is 0 Å². The molecule has 110 valence electrons. The summed E-state index contributed by atoms with van der Waals surface area (Å²) < 4.78 is 0. The van der Waals surface area contributed by atoms with Crippen LogP contribution in [0.4, 0.5) is 5.69 Å². The molecule has 2 bridgehead atoms. The molecule has 0 aliphatic carbocycles. The number of carbonyl (C=O) groups is 2.